The number of nitrogens with two attached hydrogens (primary N) is 1. The van der Waals surface area contributed by atoms with E-state index in [1.165, 1.54) is 36.7 Å². The normalized spacial score (nSPS) is 21.2. The summed E-state index contributed by atoms with van der Waals surface area (Å²) in [6.45, 7) is 1.02. The summed E-state index contributed by atoms with van der Waals surface area (Å²) in [6.07, 6.45) is 6.70. The van der Waals surface area contributed by atoms with Crippen LogP contribution in [0.5, 0.6) is 0 Å². The highest BCUT2D eigenvalue weighted by molar-refractivity contribution is 5.75. The van der Waals surface area contributed by atoms with Crippen LogP contribution in [-0.2, 0) is 11.3 Å². The van der Waals surface area contributed by atoms with E-state index in [4.69, 9.17) is 5.73 Å². The van der Waals surface area contributed by atoms with E-state index in [9.17, 15) is 4.79 Å². The first-order valence-corrected chi connectivity index (χ1v) is 6.10. The SMILES string of the molecule is Nc1ncn(CC(=O)NCC2(C3CC3)CC2)n1. The molecule has 1 aromatic heterocycles. The molecule has 92 valence electrons. The predicted molar refractivity (Wildman–Crippen MR) is 61.8 cm³/mol. The first-order valence-electron chi connectivity index (χ1n) is 6.10. The smallest absolute Gasteiger partial charge is 0.241 e. The van der Waals surface area contributed by atoms with Crippen LogP contribution in [0.4, 0.5) is 5.95 Å². The van der Waals surface area contributed by atoms with Crippen LogP contribution in [0.2, 0.25) is 0 Å². The van der Waals surface area contributed by atoms with E-state index in [1.807, 2.05) is 0 Å². The van der Waals surface area contributed by atoms with Crippen molar-refractivity contribution >= 4 is 11.9 Å². The van der Waals surface area contributed by atoms with Crippen LogP contribution in [-0.4, -0.2) is 27.2 Å². The maximum absolute atomic E-state index is 11.7. The average molecular weight is 235 g/mol. The van der Waals surface area contributed by atoms with Gasteiger partial charge in [-0.3, -0.25) is 4.79 Å². The quantitative estimate of drug-likeness (QED) is 0.761. The molecule has 0 aromatic carbocycles. The van der Waals surface area contributed by atoms with Gasteiger partial charge in [0, 0.05) is 6.54 Å². The Labute approximate surface area is 99.6 Å². The molecule has 2 fully saturated rings. The van der Waals surface area contributed by atoms with Gasteiger partial charge in [-0.05, 0) is 37.0 Å². The Kier molecular flexibility index (Phi) is 2.31. The molecule has 2 aliphatic rings. The number of nitrogens with zero attached hydrogens (tertiary/aromatic N) is 3. The van der Waals surface area contributed by atoms with Crippen molar-refractivity contribution in [2.24, 2.45) is 11.3 Å². The molecule has 3 rings (SSSR count). The summed E-state index contributed by atoms with van der Waals surface area (Å²) < 4.78 is 1.46. The number of carbonyl (C=O) groups is 1. The lowest BCUT2D eigenvalue weighted by Crippen LogP contribution is -2.33. The molecule has 0 saturated heterocycles. The lowest BCUT2D eigenvalue weighted by atomic mass is 10.0. The van der Waals surface area contributed by atoms with Crippen molar-refractivity contribution < 1.29 is 4.79 Å². The second kappa shape index (κ2) is 3.72. The van der Waals surface area contributed by atoms with Gasteiger partial charge in [-0.15, -0.1) is 5.10 Å². The molecule has 1 heterocycles. The van der Waals surface area contributed by atoms with Gasteiger partial charge in [0.15, 0.2) is 0 Å². The summed E-state index contributed by atoms with van der Waals surface area (Å²) in [6, 6.07) is 0. The summed E-state index contributed by atoms with van der Waals surface area (Å²) in [5.41, 5.74) is 5.82. The van der Waals surface area contributed by atoms with Gasteiger partial charge in [0.25, 0.3) is 0 Å². The van der Waals surface area contributed by atoms with Gasteiger partial charge in [-0.1, -0.05) is 0 Å². The predicted octanol–water partition coefficient (Wildman–Crippen LogP) is 0.167. The van der Waals surface area contributed by atoms with E-state index in [2.05, 4.69) is 15.4 Å². The second-order valence-corrected chi connectivity index (χ2v) is 5.21. The van der Waals surface area contributed by atoms with Crippen LogP contribution in [0.3, 0.4) is 0 Å². The number of nitrogens with one attached hydrogen (secondary N) is 1. The molecule has 0 spiro atoms. The van der Waals surface area contributed by atoms with Gasteiger partial charge in [0.2, 0.25) is 11.9 Å². The average Bonchev–Trinajstić information content (AvgIpc) is 3.17. The fourth-order valence-electron chi connectivity index (χ4n) is 2.45. The number of hydrogen-bond acceptors (Lipinski definition) is 4. The number of amides is 1. The Morgan fingerprint density at radius 3 is 2.88 bits per heavy atom. The number of nitrogen functional groups attached to an aromatic ring is 1. The van der Waals surface area contributed by atoms with Crippen molar-refractivity contribution in [3.8, 4) is 0 Å². The monoisotopic (exact) mass is 235 g/mol. The van der Waals surface area contributed by atoms with Crippen molar-refractivity contribution in [1.82, 2.24) is 20.1 Å². The van der Waals surface area contributed by atoms with Crippen LogP contribution in [0.25, 0.3) is 0 Å². The van der Waals surface area contributed by atoms with Crippen LogP contribution < -0.4 is 11.1 Å². The van der Waals surface area contributed by atoms with Crippen molar-refractivity contribution in [2.75, 3.05) is 12.3 Å². The highest BCUT2D eigenvalue weighted by atomic mass is 16.2. The van der Waals surface area contributed by atoms with E-state index in [0.717, 1.165) is 12.5 Å². The standard InChI is InChI=1S/C11H17N5O/c12-10-14-7-16(15-10)5-9(17)13-6-11(3-4-11)8-1-2-8/h7-8H,1-6H2,(H2,12,15)(H,13,17). The van der Waals surface area contributed by atoms with Crippen molar-refractivity contribution in [3.05, 3.63) is 6.33 Å². The molecule has 0 unspecified atom stereocenters. The highest BCUT2D eigenvalue weighted by Gasteiger charge is 2.53. The van der Waals surface area contributed by atoms with Gasteiger partial charge >= 0.3 is 0 Å². The third-order valence-electron chi connectivity index (χ3n) is 3.83. The number of rotatable bonds is 5. The molecule has 17 heavy (non-hydrogen) atoms. The van der Waals surface area contributed by atoms with Gasteiger partial charge in [0.1, 0.15) is 12.9 Å². The van der Waals surface area contributed by atoms with E-state index < -0.39 is 0 Å². The third-order valence-corrected chi connectivity index (χ3v) is 3.83. The van der Waals surface area contributed by atoms with Crippen molar-refractivity contribution in [3.63, 3.8) is 0 Å². The minimum Gasteiger partial charge on any atom is -0.367 e. The maximum Gasteiger partial charge on any atom is 0.241 e. The van der Waals surface area contributed by atoms with E-state index in [-0.39, 0.29) is 18.4 Å². The molecule has 0 bridgehead atoms. The topological polar surface area (TPSA) is 85.8 Å². The molecule has 0 atom stereocenters. The number of anilines is 1. The van der Waals surface area contributed by atoms with E-state index in [0.29, 0.717) is 5.41 Å². The van der Waals surface area contributed by atoms with Crippen LogP contribution in [0.15, 0.2) is 6.33 Å². The minimum absolute atomic E-state index is 0.0122. The molecular formula is C11H17N5O. The Hall–Kier alpha value is -1.59. The van der Waals surface area contributed by atoms with Gasteiger partial charge in [-0.25, -0.2) is 9.67 Å². The number of hydrogen-bond donors (Lipinski definition) is 2. The molecule has 6 nitrogen and oxygen atoms in total. The Balaban J connectivity index is 1.47. The lowest BCUT2D eigenvalue weighted by Gasteiger charge is -2.14. The fourth-order valence-corrected chi connectivity index (χ4v) is 2.45. The zero-order valence-electron chi connectivity index (χ0n) is 9.72. The van der Waals surface area contributed by atoms with E-state index in [1.54, 1.807) is 0 Å². The fraction of sp³-hybridized carbons (Fsp3) is 0.727. The van der Waals surface area contributed by atoms with Crippen molar-refractivity contribution in [2.45, 2.75) is 32.2 Å². The van der Waals surface area contributed by atoms with Crippen LogP contribution in [0.1, 0.15) is 25.7 Å². The summed E-state index contributed by atoms with van der Waals surface area (Å²) in [5, 5.41) is 6.88. The minimum atomic E-state index is -0.0122. The van der Waals surface area contributed by atoms with E-state index >= 15 is 0 Å². The summed E-state index contributed by atoms with van der Waals surface area (Å²) in [7, 11) is 0. The van der Waals surface area contributed by atoms with Gasteiger partial charge in [0.05, 0.1) is 0 Å². The Morgan fingerprint density at radius 2 is 2.35 bits per heavy atom. The molecule has 2 aliphatic carbocycles. The number of carbonyl (C=O) groups excluding carboxylic acids is 1. The maximum atomic E-state index is 11.7. The molecule has 6 heteroatoms. The summed E-state index contributed by atoms with van der Waals surface area (Å²) in [5.74, 6) is 1.06. The molecule has 1 aromatic rings. The molecule has 3 N–H and O–H groups in total. The molecule has 2 saturated carbocycles. The Bertz CT molecular complexity index is 433. The van der Waals surface area contributed by atoms with Gasteiger partial charge in [-0.2, -0.15) is 0 Å². The molecule has 0 radical (unpaired) electrons. The molecular weight excluding hydrogens is 218 g/mol. The van der Waals surface area contributed by atoms with Crippen LogP contribution in [0, 0.1) is 11.3 Å². The largest absolute Gasteiger partial charge is 0.367 e. The first-order chi connectivity index (χ1) is 8.18. The number of aromatic nitrogens is 3. The molecule has 0 aliphatic heterocycles. The summed E-state index contributed by atoms with van der Waals surface area (Å²) >= 11 is 0. The first kappa shape index (κ1) is 10.6. The zero-order chi connectivity index (χ0) is 11.9. The van der Waals surface area contributed by atoms with Crippen molar-refractivity contribution in [1.29, 1.82) is 0 Å². The molecule has 1 amide bonds. The second-order valence-electron chi connectivity index (χ2n) is 5.21. The lowest BCUT2D eigenvalue weighted by molar-refractivity contribution is -0.122. The highest BCUT2D eigenvalue weighted by Crippen LogP contribution is 2.60. The van der Waals surface area contributed by atoms with Gasteiger partial charge < -0.3 is 11.1 Å². The zero-order valence-corrected chi connectivity index (χ0v) is 9.72. The third kappa shape index (κ3) is 2.25. The summed E-state index contributed by atoms with van der Waals surface area (Å²) in [4.78, 5) is 15.5. The Morgan fingerprint density at radius 1 is 1.59 bits per heavy atom. The van der Waals surface area contributed by atoms with Crippen LogP contribution >= 0.6 is 0 Å².